The second-order valence-corrected chi connectivity index (χ2v) is 6.03. The Bertz CT molecular complexity index is 788. The van der Waals surface area contributed by atoms with Crippen LogP contribution in [0.5, 0.6) is 5.75 Å². The molecule has 1 N–H and O–H groups in total. The Morgan fingerprint density at radius 2 is 1.96 bits per heavy atom. The van der Waals surface area contributed by atoms with Crippen LogP contribution in [0, 0.1) is 6.92 Å². The van der Waals surface area contributed by atoms with Gasteiger partial charge in [-0.15, -0.1) is 5.10 Å². The zero-order valence-corrected chi connectivity index (χ0v) is 13.2. The van der Waals surface area contributed by atoms with Gasteiger partial charge in [0.25, 0.3) is 0 Å². The molecule has 0 atom stereocenters. The van der Waals surface area contributed by atoms with Crippen molar-refractivity contribution in [2.75, 3.05) is 18.0 Å². The number of rotatable bonds is 3. The normalized spacial score (nSPS) is 16.0. The molecule has 3 aromatic rings. The van der Waals surface area contributed by atoms with Crippen LogP contribution in [0.15, 0.2) is 42.6 Å². The molecule has 1 fully saturated rings. The van der Waals surface area contributed by atoms with Crippen LogP contribution in [-0.2, 0) is 0 Å². The first-order valence-electron chi connectivity index (χ1n) is 8.07. The van der Waals surface area contributed by atoms with Gasteiger partial charge in [0.1, 0.15) is 11.9 Å². The van der Waals surface area contributed by atoms with Gasteiger partial charge in [0.15, 0.2) is 5.82 Å². The minimum absolute atomic E-state index is 0.255. The van der Waals surface area contributed by atoms with Crippen LogP contribution in [-0.4, -0.2) is 34.4 Å². The molecular weight excluding hydrogens is 288 g/mol. The van der Waals surface area contributed by atoms with Gasteiger partial charge in [0, 0.05) is 43.0 Å². The predicted molar refractivity (Wildman–Crippen MR) is 90.9 cm³/mol. The summed E-state index contributed by atoms with van der Waals surface area (Å²) in [5, 5.41) is 9.57. The standard InChI is InChI=1S/C18H20N4O/c1-13-5-6-18(21-20-13)22-11-8-14(9-12-22)23-17-4-2-3-16-15(17)7-10-19-16/h2-7,10,14,19H,8-9,11-12H2,1H3. The van der Waals surface area contributed by atoms with E-state index in [0.717, 1.165) is 54.1 Å². The number of hydrogen-bond donors (Lipinski definition) is 1. The average molecular weight is 308 g/mol. The third-order valence-corrected chi connectivity index (χ3v) is 4.40. The fraction of sp³-hybridized carbons (Fsp3) is 0.333. The number of aryl methyl sites for hydroxylation is 1. The van der Waals surface area contributed by atoms with Crippen LogP contribution in [0.4, 0.5) is 5.82 Å². The second kappa shape index (κ2) is 5.91. The third kappa shape index (κ3) is 2.86. The van der Waals surface area contributed by atoms with Crippen LogP contribution >= 0.6 is 0 Å². The molecule has 0 spiro atoms. The lowest BCUT2D eigenvalue weighted by atomic mass is 10.1. The number of hydrogen-bond acceptors (Lipinski definition) is 4. The lowest BCUT2D eigenvalue weighted by Crippen LogP contribution is -2.38. The van der Waals surface area contributed by atoms with Crippen molar-refractivity contribution in [3.8, 4) is 5.75 Å². The lowest BCUT2D eigenvalue weighted by Gasteiger charge is -2.32. The molecule has 23 heavy (non-hydrogen) atoms. The maximum atomic E-state index is 6.25. The minimum Gasteiger partial charge on any atom is -0.490 e. The molecule has 2 aromatic heterocycles. The zero-order valence-electron chi connectivity index (χ0n) is 13.2. The molecule has 0 amide bonds. The molecule has 4 rings (SSSR count). The van der Waals surface area contributed by atoms with Gasteiger partial charge in [0.05, 0.1) is 5.69 Å². The largest absolute Gasteiger partial charge is 0.490 e. The first-order valence-corrected chi connectivity index (χ1v) is 8.07. The van der Waals surface area contributed by atoms with E-state index in [1.54, 1.807) is 0 Å². The number of H-pyrrole nitrogens is 1. The molecule has 118 valence electrons. The highest BCUT2D eigenvalue weighted by Gasteiger charge is 2.22. The van der Waals surface area contributed by atoms with Crippen molar-refractivity contribution < 1.29 is 4.74 Å². The minimum atomic E-state index is 0.255. The molecule has 0 aliphatic carbocycles. The van der Waals surface area contributed by atoms with Crippen molar-refractivity contribution >= 4 is 16.7 Å². The number of piperidine rings is 1. The maximum absolute atomic E-state index is 6.25. The molecule has 0 bridgehead atoms. The van der Waals surface area contributed by atoms with E-state index >= 15 is 0 Å². The maximum Gasteiger partial charge on any atom is 0.151 e. The van der Waals surface area contributed by atoms with Gasteiger partial charge in [0.2, 0.25) is 0 Å². The molecule has 0 saturated carbocycles. The number of nitrogens with one attached hydrogen (secondary N) is 1. The van der Waals surface area contributed by atoms with E-state index in [4.69, 9.17) is 4.74 Å². The van der Waals surface area contributed by atoms with Crippen LogP contribution in [0.2, 0.25) is 0 Å². The summed E-state index contributed by atoms with van der Waals surface area (Å²) in [7, 11) is 0. The summed E-state index contributed by atoms with van der Waals surface area (Å²) >= 11 is 0. The van der Waals surface area contributed by atoms with E-state index in [-0.39, 0.29) is 6.10 Å². The number of anilines is 1. The van der Waals surface area contributed by atoms with Crippen LogP contribution < -0.4 is 9.64 Å². The summed E-state index contributed by atoms with van der Waals surface area (Å²) < 4.78 is 6.25. The highest BCUT2D eigenvalue weighted by molar-refractivity contribution is 5.85. The molecule has 1 aliphatic heterocycles. The number of fused-ring (bicyclic) bond motifs is 1. The number of nitrogens with zero attached hydrogens (tertiary/aromatic N) is 3. The van der Waals surface area contributed by atoms with Gasteiger partial charge in [-0.1, -0.05) is 6.07 Å². The predicted octanol–water partition coefficient (Wildman–Crippen LogP) is 3.31. The van der Waals surface area contributed by atoms with Gasteiger partial charge >= 0.3 is 0 Å². The van der Waals surface area contributed by atoms with Gasteiger partial charge < -0.3 is 14.6 Å². The number of ether oxygens (including phenoxy) is 1. The van der Waals surface area contributed by atoms with Crippen molar-refractivity contribution in [1.82, 2.24) is 15.2 Å². The SMILES string of the molecule is Cc1ccc(N2CCC(Oc3cccc4[nH]ccc34)CC2)nn1. The van der Waals surface area contributed by atoms with Crippen LogP contribution in [0.25, 0.3) is 10.9 Å². The van der Waals surface area contributed by atoms with Crippen molar-refractivity contribution in [2.45, 2.75) is 25.9 Å². The Kier molecular flexibility index (Phi) is 3.61. The quantitative estimate of drug-likeness (QED) is 0.806. The number of benzene rings is 1. The molecule has 5 heteroatoms. The Morgan fingerprint density at radius 1 is 1.09 bits per heavy atom. The summed E-state index contributed by atoms with van der Waals surface area (Å²) in [6.45, 7) is 3.86. The highest BCUT2D eigenvalue weighted by atomic mass is 16.5. The van der Waals surface area contributed by atoms with E-state index < -0.39 is 0 Å². The second-order valence-electron chi connectivity index (χ2n) is 6.03. The lowest BCUT2D eigenvalue weighted by molar-refractivity contribution is 0.173. The Balaban J connectivity index is 1.42. The molecule has 1 aliphatic rings. The Morgan fingerprint density at radius 3 is 2.74 bits per heavy atom. The monoisotopic (exact) mass is 308 g/mol. The third-order valence-electron chi connectivity index (χ3n) is 4.40. The Hall–Kier alpha value is -2.56. The van der Waals surface area contributed by atoms with Gasteiger partial charge in [-0.2, -0.15) is 5.10 Å². The average Bonchev–Trinajstić information content (AvgIpc) is 3.06. The summed E-state index contributed by atoms with van der Waals surface area (Å²) in [5.41, 5.74) is 2.07. The van der Waals surface area contributed by atoms with Gasteiger partial charge in [-0.3, -0.25) is 0 Å². The summed E-state index contributed by atoms with van der Waals surface area (Å²) in [4.78, 5) is 5.51. The summed E-state index contributed by atoms with van der Waals surface area (Å²) in [6, 6.07) is 12.3. The summed E-state index contributed by atoms with van der Waals surface area (Å²) in [5.74, 6) is 1.93. The Labute approximate surface area is 135 Å². The van der Waals surface area contributed by atoms with Crippen molar-refractivity contribution in [3.63, 3.8) is 0 Å². The van der Waals surface area contributed by atoms with E-state index in [2.05, 4.69) is 32.2 Å². The fourth-order valence-corrected chi connectivity index (χ4v) is 3.10. The summed E-state index contributed by atoms with van der Waals surface area (Å²) in [6.07, 6.45) is 4.20. The van der Waals surface area contributed by atoms with Crippen molar-refractivity contribution in [3.05, 3.63) is 48.3 Å². The van der Waals surface area contributed by atoms with Crippen molar-refractivity contribution in [2.24, 2.45) is 0 Å². The molecule has 1 aromatic carbocycles. The van der Waals surface area contributed by atoms with Gasteiger partial charge in [-0.25, -0.2) is 0 Å². The molecule has 0 radical (unpaired) electrons. The van der Waals surface area contributed by atoms with E-state index in [1.165, 1.54) is 0 Å². The van der Waals surface area contributed by atoms with Crippen LogP contribution in [0.1, 0.15) is 18.5 Å². The van der Waals surface area contributed by atoms with Gasteiger partial charge in [-0.05, 0) is 37.3 Å². The molecule has 5 nitrogen and oxygen atoms in total. The van der Waals surface area contributed by atoms with E-state index in [0.29, 0.717) is 0 Å². The molecule has 1 saturated heterocycles. The van der Waals surface area contributed by atoms with Crippen LogP contribution in [0.3, 0.4) is 0 Å². The first-order chi connectivity index (χ1) is 11.3. The molecule has 0 unspecified atom stereocenters. The number of aromatic amines is 1. The van der Waals surface area contributed by atoms with E-state index in [9.17, 15) is 0 Å². The molecular formula is C18H20N4O. The topological polar surface area (TPSA) is 54.0 Å². The zero-order chi connectivity index (χ0) is 15.6. The highest BCUT2D eigenvalue weighted by Crippen LogP contribution is 2.28. The fourth-order valence-electron chi connectivity index (χ4n) is 3.10. The van der Waals surface area contributed by atoms with Crippen molar-refractivity contribution in [1.29, 1.82) is 0 Å². The smallest absolute Gasteiger partial charge is 0.151 e. The number of aromatic nitrogens is 3. The first kappa shape index (κ1) is 14.1. The van der Waals surface area contributed by atoms with E-state index in [1.807, 2.05) is 37.4 Å². The molecule has 3 heterocycles.